The molecule has 0 unspecified atom stereocenters. The summed E-state index contributed by atoms with van der Waals surface area (Å²) in [5.74, 6) is 0. The molecule has 0 saturated heterocycles. The number of rotatable bonds is 1. The summed E-state index contributed by atoms with van der Waals surface area (Å²) in [6.07, 6.45) is 0. The predicted octanol–water partition coefficient (Wildman–Crippen LogP) is 9.04. The molecular formula is C10Cl14. The van der Waals surface area contributed by atoms with Crippen LogP contribution in [0, 0.1) is 0 Å². The molecule has 2 aliphatic carbocycles. The number of alkyl halides is 10. The smallest absolute Gasteiger partial charge is 0.110 e. The SMILES string of the molecule is ClC1=C(Cl)C(Cl)(C2(Cl)C(Cl)(Cl)C(Cl)(Cl)C(Cl)(Cl)C2(Cl)Cl)C(Cl)=C1Cl. The fraction of sp³-hybridized carbons (Fsp3) is 0.600. The van der Waals surface area contributed by atoms with E-state index in [9.17, 15) is 0 Å². The third-order valence-corrected chi connectivity index (χ3v) is 13.6. The van der Waals surface area contributed by atoms with Crippen LogP contribution in [0.2, 0.25) is 0 Å². The van der Waals surface area contributed by atoms with Crippen LogP contribution in [-0.2, 0) is 0 Å². The van der Waals surface area contributed by atoms with E-state index in [-0.39, 0.29) is 20.1 Å². The van der Waals surface area contributed by atoms with Gasteiger partial charge in [0.15, 0.2) is 17.3 Å². The number of halogens is 14. The molecule has 0 aromatic heterocycles. The molecule has 0 atom stereocenters. The van der Waals surface area contributed by atoms with Gasteiger partial charge in [0.25, 0.3) is 0 Å². The Hall–Kier alpha value is 3.54. The Morgan fingerprint density at radius 2 is 0.667 bits per heavy atom. The third-order valence-electron chi connectivity index (χ3n) is 3.71. The minimum atomic E-state index is -2.50. The van der Waals surface area contributed by atoms with Gasteiger partial charge in [-0.3, -0.25) is 0 Å². The molecule has 138 valence electrons. The highest BCUT2D eigenvalue weighted by Crippen LogP contribution is 2.81. The summed E-state index contributed by atoms with van der Waals surface area (Å²) in [5.41, 5.74) is 0. The zero-order chi connectivity index (χ0) is 19.3. The molecule has 1 saturated carbocycles. The Morgan fingerprint density at radius 3 is 0.917 bits per heavy atom. The normalized spacial score (nSPS) is 31.8. The molecule has 0 amide bonds. The van der Waals surface area contributed by atoms with E-state index in [2.05, 4.69) is 0 Å². The Kier molecular flexibility index (Phi) is 6.47. The van der Waals surface area contributed by atoms with Crippen LogP contribution in [-0.4, -0.2) is 27.1 Å². The molecule has 2 aliphatic rings. The maximum absolute atomic E-state index is 6.64. The molecular weight excluding hydrogens is 616 g/mol. The average molecular weight is 616 g/mol. The first-order chi connectivity index (χ1) is 10.4. The van der Waals surface area contributed by atoms with Crippen LogP contribution in [0.3, 0.4) is 0 Å². The molecule has 1 fully saturated rings. The second-order valence-electron chi connectivity index (χ2n) is 4.87. The van der Waals surface area contributed by atoms with E-state index in [4.69, 9.17) is 162 Å². The van der Waals surface area contributed by atoms with Gasteiger partial charge < -0.3 is 0 Å². The van der Waals surface area contributed by atoms with Crippen LogP contribution in [0.15, 0.2) is 20.1 Å². The Labute approximate surface area is 207 Å². The van der Waals surface area contributed by atoms with Crippen molar-refractivity contribution in [3.05, 3.63) is 20.1 Å². The van der Waals surface area contributed by atoms with Gasteiger partial charge in [-0.2, -0.15) is 0 Å². The third kappa shape index (κ3) is 2.31. The van der Waals surface area contributed by atoms with Crippen LogP contribution in [0.5, 0.6) is 0 Å². The van der Waals surface area contributed by atoms with Crippen molar-refractivity contribution in [1.82, 2.24) is 0 Å². The van der Waals surface area contributed by atoms with Gasteiger partial charge in [0.05, 0.1) is 20.1 Å². The van der Waals surface area contributed by atoms with Gasteiger partial charge in [0.2, 0.25) is 0 Å². The zero-order valence-electron chi connectivity index (χ0n) is 10.3. The van der Waals surface area contributed by atoms with E-state index in [0.717, 1.165) is 0 Å². The van der Waals surface area contributed by atoms with Crippen LogP contribution < -0.4 is 0 Å². The van der Waals surface area contributed by atoms with Gasteiger partial charge in [-0.05, 0) is 0 Å². The van der Waals surface area contributed by atoms with E-state index in [1.165, 1.54) is 0 Å². The van der Waals surface area contributed by atoms with Crippen molar-refractivity contribution in [3.63, 3.8) is 0 Å². The first-order valence-electron chi connectivity index (χ1n) is 5.40. The topological polar surface area (TPSA) is 0 Å². The summed E-state index contributed by atoms with van der Waals surface area (Å²) in [5, 5.41) is -1.21. The zero-order valence-corrected chi connectivity index (χ0v) is 20.9. The molecule has 0 aromatic carbocycles. The van der Waals surface area contributed by atoms with E-state index >= 15 is 0 Å². The van der Waals surface area contributed by atoms with Crippen molar-refractivity contribution < 1.29 is 0 Å². The van der Waals surface area contributed by atoms with Gasteiger partial charge >= 0.3 is 0 Å². The molecule has 0 radical (unpaired) electrons. The molecule has 0 spiro atoms. The minimum Gasteiger partial charge on any atom is -0.110 e. The highest BCUT2D eigenvalue weighted by atomic mass is 35.6. The summed E-state index contributed by atoms with van der Waals surface area (Å²) in [7, 11) is 0. The lowest BCUT2D eigenvalue weighted by molar-refractivity contribution is 0.484. The first-order valence-corrected chi connectivity index (χ1v) is 10.7. The molecule has 2 rings (SSSR count). The van der Waals surface area contributed by atoms with E-state index in [1.54, 1.807) is 0 Å². The van der Waals surface area contributed by atoms with E-state index < -0.39 is 27.1 Å². The monoisotopic (exact) mass is 610 g/mol. The highest BCUT2D eigenvalue weighted by molar-refractivity contribution is 6.80. The summed E-state index contributed by atoms with van der Waals surface area (Å²) < 4.78 is -9.87. The van der Waals surface area contributed by atoms with Crippen molar-refractivity contribution in [3.8, 4) is 0 Å². The predicted molar refractivity (Wildman–Crippen MR) is 112 cm³/mol. The molecule has 0 bridgehead atoms. The molecule has 0 aromatic rings. The summed E-state index contributed by atoms with van der Waals surface area (Å²) >= 11 is 87.6. The molecule has 24 heavy (non-hydrogen) atoms. The van der Waals surface area contributed by atoms with Crippen LogP contribution in [0.1, 0.15) is 0 Å². The lowest BCUT2D eigenvalue weighted by Gasteiger charge is -2.48. The van der Waals surface area contributed by atoms with E-state index in [0.29, 0.717) is 0 Å². The summed E-state index contributed by atoms with van der Waals surface area (Å²) in [6.45, 7) is 0. The van der Waals surface area contributed by atoms with Crippen molar-refractivity contribution in [2.24, 2.45) is 0 Å². The fourth-order valence-corrected chi connectivity index (χ4v) is 8.57. The lowest BCUT2D eigenvalue weighted by Crippen LogP contribution is -2.64. The number of hydrogen-bond acceptors (Lipinski definition) is 0. The second kappa shape index (κ2) is 6.52. The largest absolute Gasteiger partial charge is 0.188 e. The van der Waals surface area contributed by atoms with Gasteiger partial charge in [-0.25, -0.2) is 0 Å². The maximum atomic E-state index is 6.64. The van der Waals surface area contributed by atoms with Gasteiger partial charge in [-0.1, -0.05) is 139 Å². The highest BCUT2D eigenvalue weighted by Gasteiger charge is 2.92. The standard InChI is InChI=1S/C10Cl14/c11-1-2(12)4(14)5(15,3(1)13)6(16)7(17,18)9(21,22)10(23,24)8(6,19)20. The van der Waals surface area contributed by atoms with Gasteiger partial charge in [0.1, 0.15) is 9.75 Å². The first kappa shape index (κ1) is 23.8. The number of allylic oxidation sites excluding steroid dienone is 4. The maximum Gasteiger partial charge on any atom is 0.188 e. The van der Waals surface area contributed by atoms with Crippen molar-refractivity contribution in [1.29, 1.82) is 0 Å². The Balaban J connectivity index is 2.97. The van der Waals surface area contributed by atoms with Gasteiger partial charge in [0, 0.05) is 0 Å². The van der Waals surface area contributed by atoms with Crippen LogP contribution in [0.4, 0.5) is 0 Å². The molecule has 0 nitrogen and oxygen atoms in total. The fourth-order valence-electron chi connectivity index (χ4n) is 2.35. The van der Waals surface area contributed by atoms with Crippen LogP contribution >= 0.6 is 162 Å². The van der Waals surface area contributed by atoms with Crippen molar-refractivity contribution in [2.45, 2.75) is 27.1 Å². The Morgan fingerprint density at radius 1 is 0.417 bits per heavy atom. The Bertz CT molecular complexity index is 617. The van der Waals surface area contributed by atoms with Gasteiger partial charge in [-0.15, -0.1) is 23.2 Å². The van der Waals surface area contributed by atoms with E-state index in [1.807, 2.05) is 0 Å². The molecule has 0 N–H and O–H groups in total. The summed E-state index contributed by atoms with van der Waals surface area (Å²) in [6, 6.07) is 0. The quantitative estimate of drug-likeness (QED) is 0.258. The lowest BCUT2D eigenvalue weighted by atomic mass is 9.88. The van der Waals surface area contributed by atoms with Crippen molar-refractivity contribution in [2.75, 3.05) is 0 Å². The minimum absolute atomic E-state index is 0.233. The van der Waals surface area contributed by atoms with Crippen molar-refractivity contribution >= 4 is 162 Å². The second-order valence-corrected chi connectivity index (χ2v) is 12.8. The molecule has 0 heterocycles. The molecule has 14 heteroatoms. The molecule has 0 aliphatic heterocycles. The summed E-state index contributed by atoms with van der Waals surface area (Å²) in [4.78, 5) is -4.75. The van der Waals surface area contributed by atoms with Crippen LogP contribution in [0.25, 0.3) is 0 Å². The average Bonchev–Trinajstić information content (AvgIpc) is 2.64. The number of hydrogen-bond donors (Lipinski definition) is 0.